The summed E-state index contributed by atoms with van der Waals surface area (Å²) in [6.07, 6.45) is -34.4. The van der Waals surface area contributed by atoms with Gasteiger partial charge in [-0.1, -0.05) is 27.7 Å². The maximum absolute atomic E-state index is 12.9. The van der Waals surface area contributed by atoms with Gasteiger partial charge in [0.05, 0.1) is 50.7 Å². The molecule has 27 nitrogen and oxygen atoms in total. The SMILES string of the molecule is C[C@@H]1C[C@H](O)[C@@]2(OC1=O)O[C@H]1C[C@@H]3[C@H]4CC[C@H]5C[C@@H](O[C@@H]6O[C@H](CO)[C@H](O[C@@H]7O[C@H](CO)[C@@H](O)[C@H](O[C@@H]8OC[C@@H](O)[C@H](O)[C@H]8O)[C@H]7O[C@@H]7OC[C@H](O)[C@H](O)[C@H]7O)[C@H](O)[C@H]6O[C@@H]6O[C@@H](C)[C@H](O)[C@@H](O)[C@H]6O)CC[C@]5(C)[C@H]4CC[C@]3(C)[C@H]1[C@@H]2C. The van der Waals surface area contributed by atoms with Crippen LogP contribution in [0.4, 0.5) is 0 Å². The van der Waals surface area contributed by atoms with Gasteiger partial charge < -0.3 is 128 Å². The van der Waals surface area contributed by atoms with E-state index in [9.17, 15) is 76.3 Å². The quantitative estimate of drug-likeness (QED) is 0.0650. The monoisotopic (exact) mass is 1180 g/mol. The molecule has 0 unspecified atom stereocenters. The van der Waals surface area contributed by atoms with Crippen molar-refractivity contribution in [1.82, 2.24) is 0 Å². The number of carbonyl (C=O) groups is 1. The predicted molar refractivity (Wildman–Crippen MR) is 269 cm³/mol. The van der Waals surface area contributed by atoms with E-state index in [-0.39, 0.29) is 40.7 Å². The average Bonchev–Trinajstić information content (AvgIpc) is 1.71. The summed E-state index contributed by atoms with van der Waals surface area (Å²) in [6, 6.07) is 0. The minimum Gasteiger partial charge on any atom is -0.430 e. The molecule has 36 atom stereocenters. The normalized spacial score (nSPS) is 57.8. The van der Waals surface area contributed by atoms with E-state index in [1.165, 1.54) is 6.92 Å². The highest BCUT2D eigenvalue weighted by molar-refractivity contribution is 5.73. The highest BCUT2D eigenvalue weighted by Gasteiger charge is 2.72. The molecule has 0 bridgehead atoms. The Morgan fingerprint density at radius 2 is 1.11 bits per heavy atom. The number of ether oxygens (including phenoxy) is 12. The van der Waals surface area contributed by atoms with E-state index in [0.29, 0.717) is 37.0 Å². The first-order valence-corrected chi connectivity index (χ1v) is 29.6. The van der Waals surface area contributed by atoms with E-state index < -0.39 is 192 Å². The lowest BCUT2D eigenvalue weighted by Crippen LogP contribution is -2.68. The summed E-state index contributed by atoms with van der Waals surface area (Å²) in [4.78, 5) is 12.9. The Bertz CT molecular complexity index is 2200. The Labute approximate surface area is 474 Å². The molecule has 0 aromatic carbocycles. The van der Waals surface area contributed by atoms with Gasteiger partial charge in [0.2, 0.25) is 5.79 Å². The van der Waals surface area contributed by atoms with Crippen LogP contribution in [0.1, 0.15) is 92.4 Å². The van der Waals surface area contributed by atoms with E-state index in [0.717, 1.165) is 38.5 Å². The predicted octanol–water partition coefficient (Wildman–Crippen LogP) is -4.28. The summed E-state index contributed by atoms with van der Waals surface area (Å²) in [5.41, 5.74) is -0.172. The van der Waals surface area contributed by atoms with E-state index >= 15 is 0 Å². The van der Waals surface area contributed by atoms with Gasteiger partial charge in [0.1, 0.15) is 110 Å². The van der Waals surface area contributed by atoms with Crippen molar-refractivity contribution in [2.45, 2.75) is 258 Å². The van der Waals surface area contributed by atoms with Crippen LogP contribution < -0.4 is 0 Å². The van der Waals surface area contributed by atoms with E-state index in [2.05, 4.69) is 20.8 Å². The van der Waals surface area contributed by atoms with Crippen LogP contribution in [0.5, 0.6) is 0 Å². The molecule has 0 radical (unpaired) electrons. The second-order valence-corrected chi connectivity index (χ2v) is 26.3. The fourth-order valence-electron chi connectivity index (χ4n) is 17.0. The number of carbonyl (C=O) groups excluding carboxylic acids is 1. The number of aliphatic hydroxyl groups excluding tert-OH is 14. The molecule has 0 aromatic rings. The van der Waals surface area contributed by atoms with Gasteiger partial charge in [-0.05, 0) is 105 Å². The second kappa shape index (κ2) is 23.8. The standard InChI is InChI=1S/C55H88O27/c1-19-12-32(60)55(82-47(19)70)20(2)33-29(81-55)14-26-24-7-6-22-13-23(8-10-53(22,4)25(24)9-11-54(26,33)5)74-51-45(79-50-41(68)38(65)34(61)21(3)73-50)42(69)43(31(16-57)76-51)77-52-46(80-49-40(67)36(63)28(59)18-72-49)44(37(64)30(15-56)75-52)78-48-39(66)35(62)27(58)17-71-48/h19-46,48-52,56-69H,6-18H2,1-5H3/t19-,20+,21+,22+,23+,24+,25+,26-,27-,28+,29+,30-,31-,32+,33+,34+,35+,36+,37-,38-,39-,40-,41-,42+,43+,44+,45-,46-,48+,49+,50+,51-,52+,53+,54+,55-/m1/s1. The Balaban J connectivity index is 0.829. The van der Waals surface area contributed by atoms with Crippen molar-refractivity contribution in [2.24, 2.45) is 52.3 Å². The van der Waals surface area contributed by atoms with Crippen LogP contribution in [0.2, 0.25) is 0 Å². The molecular weight excluding hydrogens is 1090 g/mol. The summed E-state index contributed by atoms with van der Waals surface area (Å²) in [6.45, 7) is 7.15. The third-order valence-corrected chi connectivity index (χ3v) is 21.7. The highest BCUT2D eigenvalue weighted by Crippen LogP contribution is 2.71. The fraction of sp³-hybridized carbons (Fsp3) is 0.982. The molecule has 4 saturated carbocycles. The number of hydrogen-bond acceptors (Lipinski definition) is 27. The zero-order valence-corrected chi connectivity index (χ0v) is 46.8. The minimum atomic E-state index is -1.95. The lowest BCUT2D eigenvalue weighted by Gasteiger charge is -2.61. The first kappa shape index (κ1) is 62.1. The molecule has 11 fully saturated rings. The number of aliphatic hydroxyl groups is 14. The lowest BCUT2D eigenvalue weighted by molar-refractivity contribution is -0.408. The van der Waals surface area contributed by atoms with Crippen molar-refractivity contribution in [1.29, 1.82) is 0 Å². The van der Waals surface area contributed by atoms with Gasteiger partial charge in [0, 0.05) is 5.92 Å². The van der Waals surface area contributed by atoms with Gasteiger partial charge in [-0.3, -0.25) is 4.79 Å². The molecule has 0 amide bonds. The van der Waals surface area contributed by atoms with Crippen molar-refractivity contribution >= 4 is 5.97 Å². The van der Waals surface area contributed by atoms with Crippen molar-refractivity contribution in [3.63, 3.8) is 0 Å². The molecule has 470 valence electrons. The molecule has 11 rings (SSSR count). The number of esters is 1. The third kappa shape index (κ3) is 10.5. The topological polar surface area (TPSA) is 411 Å². The molecule has 7 heterocycles. The molecule has 7 saturated heterocycles. The van der Waals surface area contributed by atoms with Crippen LogP contribution >= 0.6 is 0 Å². The van der Waals surface area contributed by atoms with Gasteiger partial charge in [0.15, 0.2) is 31.5 Å². The maximum atomic E-state index is 12.9. The first-order chi connectivity index (χ1) is 38.8. The molecule has 4 aliphatic carbocycles. The summed E-state index contributed by atoms with van der Waals surface area (Å²) >= 11 is 0. The van der Waals surface area contributed by atoms with Gasteiger partial charge in [-0.25, -0.2) is 0 Å². The van der Waals surface area contributed by atoms with Gasteiger partial charge in [-0.2, -0.15) is 0 Å². The summed E-state index contributed by atoms with van der Waals surface area (Å²) in [5.74, 6) is -0.822. The molecule has 82 heavy (non-hydrogen) atoms. The Hall–Kier alpha value is -1.53. The molecule has 27 heteroatoms. The van der Waals surface area contributed by atoms with E-state index in [1.54, 1.807) is 6.92 Å². The molecule has 7 aliphatic heterocycles. The van der Waals surface area contributed by atoms with Gasteiger partial charge in [-0.15, -0.1) is 0 Å². The van der Waals surface area contributed by atoms with Crippen LogP contribution in [0.15, 0.2) is 0 Å². The van der Waals surface area contributed by atoms with Crippen molar-refractivity contribution in [3.8, 4) is 0 Å². The van der Waals surface area contributed by atoms with E-state index in [1.807, 2.05) is 0 Å². The fourth-order valence-corrected chi connectivity index (χ4v) is 17.0. The summed E-state index contributed by atoms with van der Waals surface area (Å²) in [7, 11) is 0. The minimum absolute atomic E-state index is 0.0810. The maximum Gasteiger partial charge on any atom is 0.311 e. The molecule has 14 N–H and O–H groups in total. The van der Waals surface area contributed by atoms with Gasteiger partial charge >= 0.3 is 5.97 Å². The number of hydrogen-bond donors (Lipinski definition) is 14. The van der Waals surface area contributed by atoms with Crippen LogP contribution in [0, 0.1) is 52.3 Å². The smallest absolute Gasteiger partial charge is 0.311 e. The van der Waals surface area contributed by atoms with Crippen LogP contribution in [-0.4, -0.2) is 269 Å². The summed E-state index contributed by atoms with van der Waals surface area (Å²) in [5, 5.41) is 153. The van der Waals surface area contributed by atoms with Crippen molar-refractivity contribution in [2.75, 3.05) is 26.4 Å². The third-order valence-electron chi connectivity index (χ3n) is 21.7. The zero-order chi connectivity index (χ0) is 58.8. The summed E-state index contributed by atoms with van der Waals surface area (Å²) < 4.78 is 73.8. The highest BCUT2D eigenvalue weighted by atomic mass is 16.8. The Morgan fingerprint density at radius 3 is 1.77 bits per heavy atom. The van der Waals surface area contributed by atoms with Gasteiger partial charge in [0.25, 0.3) is 0 Å². The molecule has 11 aliphatic rings. The van der Waals surface area contributed by atoms with Crippen LogP contribution in [-0.2, 0) is 61.6 Å². The molecular formula is C55H88O27. The van der Waals surface area contributed by atoms with Crippen molar-refractivity contribution in [3.05, 3.63) is 0 Å². The molecule has 1 spiro atoms. The Morgan fingerprint density at radius 1 is 0.524 bits per heavy atom. The number of rotatable bonds is 12. The van der Waals surface area contributed by atoms with Crippen molar-refractivity contribution < 1.29 is 133 Å². The number of fused-ring (bicyclic) bond motifs is 7. The van der Waals surface area contributed by atoms with E-state index in [4.69, 9.17) is 56.8 Å². The lowest BCUT2D eigenvalue weighted by atomic mass is 9.44. The zero-order valence-electron chi connectivity index (χ0n) is 46.8. The Kier molecular flexibility index (Phi) is 18.0. The second-order valence-electron chi connectivity index (χ2n) is 26.3. The average molecular weight is 1180 g/mol. The van der Waals surface area contributed by atoms with Crippen LogP contribution in [0.25, 0.3) is 0 Å². The molecule has 0 aromatic heterocycles. The largest absolute Gasteiger partial charge is 0.430 e. The van der Waals surface area contributed by atoms with Crippen LogP contribution in [0.3, 0.4) is 0 Å². The first-order valence-electron chi connectivity index (χ1n) is 29.6.